The summed E-state index contributed by atoms with van der Waals surface area (Å²) in [4.78, 5) is 11.5. The highest BCUT2D eigenvalue weighted by Crippen LogP contribution is 2.40. The van der Waals surface area contributed by atoms with E-state index in [9.17, 15) is 9.90 Å². The van der Waals surface area contributed by atoms with Crippen LogP contribution in [0.2, 0.25) is 0 Å². The van der Waals surface area contributed by atoms with Gasteiger partial charge >= 0.3 is 6.09 Å². The Balaban J connectivity index is 1.74. The minimum atomic E-state index is -0.498. The predicted octanol–water partition coefficient (Wildman–Crippen LogP) is 2.07. The van der Waals surface area contributed by atoms with Crippen molar-refractivity contribution < 1.29 is 14.6 Å². The third kappa shape index (κ3) is 2.82. The summed E-state index contributed by atoms with van der Waals surface area (Å²) in [5.74, 6) is 0. The van der Waals surface area contributed by atoms with Gasteiger partial charge < -0.3 is 15.2 Å². The number of amides is 1. The zero-order valence-electron chi connectivity index (χ0n) is 10.7. The van der Waals surface area contributed by atoms with Crippen LogP contribution in [0.5, 0.6) is 0 Å². The largest absolute Gasteiger partial charge is 0.445 e. The number of hydrogen-bond acceptors (Lipinski definition) is 3. The summed E-state index contributed by atoms with van der Waals surface area (Å²) in [6.07, 6.45) is -0.200. The molecule has 0 saturated heterocycles. The smallest absolute Gasteiger partial charge is 0.407 e. The quantitative estimate of drug-likeness (QED) is 0.862. The standard InChI is InChI=1S/C14H19NO3/c1-14(2)8-11(12(14)16)15-13(17)18-9-10-6-4-3-5-7-10/h3-7,11-12,16H,8-9H2,1-2H3,(H,15,17)/t11-,12-/m1/s1. The second-order valence-corrected chi connectivity index (χ2v) is 5.45. The Bertz CT molecular complexity index is 416. The van der Waals surface area contributed by atoms with Crippen LogP contribution >= 0.6 is 0 Å². The van der Waals surface area contributed by atoms with Gasteiger partial charge in [0, 0.05) is 0 Å². The third-order valence-electron chi connectivity index (χ3n) is 3.44. The predicted molar refractivity (Wildman–Crippen MR) is 68.0 cm³/mol. The van der Waals surface area contributed by atoms with Crippen LogP contribution < -0.4 is 5.32 Å². The molecule has 1 saturated carbocycles. The van der Waals surface area contributed by atoms with Gasteiger partial charge in [0.25, 0.3) is 0 Å². The molecule has 0 aromatic heterocycles. The molecule has 1 aromatic carbocycles. The molecule has 0 spiro atoms. The number of rotatable bonds is 3. The zero-order valence-corrected chi connectivity index (χ0v) is 10.7. The van der Waals surface area contributed by atoms with Crippen molar-refractivity contribution in [2.24, 2.45) is 5.41 Å². The summed E-state index contributed by atoms with van der Waals surface area (Å²) >= 11 is 0. The molecule has 1 aliphatic carbocycles. The second-order valence-electron chi connectivity index (χ2n) is 5.45. The first-order chi connectivity index (χ1) is 8.49. The molecule has 0 heterocycles. The summed E-state index contributed by atoms with van der Waals surface area (Å²) in [6, 6.07) is 9.31. The minimum absolute atomic E-state index is 0.114. The fourth-order valence-electron chi connectivity index (χ4n) is 2.23. The van der Waals surface area contributed by atoms with Crippen molar-refractivity contribution in [2.45, 2.75) is 39.0 Å². The molecule has 1 aliphatic rings. The van der Waals surface area contributed by atoms with Crippen LogP contribution in [0.1, 0.15) is 25.8 Å². The molecule has 4 nitrogen and oxygen atoms in total. The van der Waals surface area contributed by atoms with E-state index in [1.807, 2.05) is 44.2 Å². The van der Waals surface area contributed by atoms with Crippen molar-refractivity contribution in [3.63, 3.8) is 0 Å². The van der Waals surface area contributed by atoms with E-state index in [2.05, 4.69) is 5.32 Å². The highest BCUT2D eigenvalue weighted by molar-refractivity contribution is 5.68. The van der Waals surface area contributed by atoms with E-state index in [1.54, 1.807) is 0 Å². The summed E-state index contributed by atoms with van der Waals surface area (Å²) < 4.78 is 5.09. The van der Waals surface area contributed by atoms with Crippen molar-refractivity contribution in [3.8, 4) is 0 Å². The monoisotopic (exact) mass is 249 g/mol. The van der Waals surface area contributed by atoms with Crippen molar-refractivity contribution in [3.05, 3.63) is 35.9 Å². The molecule has 2 atom stereocenters. The topological polar surface area (TPSA) is 58.6 Å². The Labute approximate surface area is 107 Å². The molecule has 2 rings (SSSR count). The molecule has 0 radical (unpaired) electrons. The van der Waals surface area contributed by atoms with Gasteiger partial charge in [0.1, 0.15) is 6.61 Å². The fraction of sp³-hybridized carbons (Fsp3) is 0.500. The molecule has 1 fully saturated rings. The Kier molecular flexibility index (Phi) is 3.57. The van der Waals surface area contributed by atoms with Gasteiger partial charge in [-0.2, -0.15) is 0 Å². The van der Waals surface area contributed by atoms with Gasteiger partial charge in [0.15, 0.2) is 0 Å². The van der Waals surface area contributed by atoms with Crippen LogP contribution in [-0.4, -0.2) is 23.3 Å². The summed E-state index contributed by atoms with van der Waals surface area (Å²) in [6.45, 7) is 4.20. The highest BCUT2D eigenvalue weighted by Gasteiger charge is 2.47. The van der Waals surface area contributed by atoms with Gasteiger partial charge in [0.05, 0.1) is 12.1 Å². The number of hydrogen-bond donors (Lipinski definition) is 2. The molecule has 4 heteroatoms. The first-order valence-electron chi connectivity index (χ1n) is 6.14. The molecular formula is C14H19NO3. The van der Waals surface area contributed by atoms with Gasteiger partial charge in [-0.3, -0.25) is 0 Å². The van der Waals surface area contributed by atoms with E-state index in [-0.39, 0.29) is 18.1 Å². The van der Waals surface area contributed by atoms with Crippen molar-refractivity contribution in [2.75, 3.05) is 0 Å². The maximum absolute atomic E-state index is 11.5. The third-order valence-corrected chi connectivity index (χ3v) is 3.44. The number of alkyl carbamates (subject to hydrolysis) is 1. The fourth-order valence-corrected chi connectivity index (χ4v) is 2.23. The average Bonchev–Trinajstić information content (AvgIpc) is 2.36. The lowest BCUT2D eigenvalue weighted by molar-refractivity contribution is -0.0714. The summed E-state index contributed by atoms with van der Waals surface area (Å²) in [5, 5.41) is 12.5. The molecule has 0 bridgehead atoms. The summed E-state index contributed by atoms with van der Waals surface area (Å²) in [7, 11) is 0. The van der Waals surface area contributed by atoms with Crippen LogP contribution in [-0.2, 0) is 11.3 Å². The SMILES string of the molecule is CC1(C)C[C@@H](NC(=O)OCc2ccccc2)[C@H]1O. The average molecular weight is 249 g/mol. The molecular weight excluding hydrogens is 230 g/mol. The first-order valence-corrected chi connectivity index (χ1v) is 6.14. The first kappa shape index (κ1) is 12.9. The maximum atomic E-state index is 11.5. The Hall–Kier alpha value is -1.55. The van der Waals surface area contributed by atoms with E-state index in [1.165, 1.54) is 0 Å². The van der Waals surface area contributed by atoms with Crippen LogP contribution in [0.4, 0.5) is 4.79 Å². The minimum Gasteiger partial charge on any atom is -0.445 e. The van der Waals surface area contributed by atoms with Gasteiger partial charge in [-0.1, -0.05) is 44.2 Å². The van der Waals surface area contributed by atoms with Crippen molar-refractivity contribution >= 4 is 6.09 Å². The van der Waals surface area contributed by atoms with E-state index in [0.717, 1.165) is 12.0 Å². The number of ether oxygens (including phenoxy) is 1. The van der Waals surface area contributed by atoms with Crippen molar-refractivity contribution in [1.82, 2.24) is 5.32 Å². The molecule has 98 valence electrons. The lowest BCUT2D eigenvalue weighted by Gasteiger charge is -2.48. The normalized spacial score (nSPS) is 25.1. The number of carbonyl (C=O) groups is 1. The van der Waals surface area contributed by atoms with Gasteiger partial charge in [0.2, 0.25) is 0 Å². The number of aliphatic hydroxyl groups is 1. The second kappa shape index (κ2) is 4.98. The van der Waals surface area contributed by atoms with Gasteiger partial charge in [-0.25, -0.2) is 4.79 Å². The van der Waals surface area contributed by atoms with E-state index in [0.29, 0.717) is 0 Å². The van der Waals surface area contributed by atoms with Crippen LogP contribution in [0.3, 0.4) is 0 Å². The molecule has 1 aromatic rings. The van der Waals surface area contributed by atoms with E-state index in [4.69, 9.17) is 4.74 Å². The van der Waals surface area contributed by atoms with Gasteiger partial charge in [-0.15, -0.1) is 0 Å². The Morgan fingerprint density at radius 3 is 2.67 bits per heavy atom. The van der Waals surface area contributed by atoms with Crippen LogP contribution in [0.15, 0.2) is 30.3 Å². The maximum Gasteiger partial charge on any atom is 0.407 e. The van der Waals surface area contributed by atoms with E-state index >= 15 is 0 Å². The van der Waals surface area contributed by atoms with Crippen LogP contribution in [0, 0.1) is 5.41 Å². The number of benzene rings is 1. The Morgan fingerprint density at radius 1 is 1.44 bits per heavy atom. The lowest BCUT2D eigenvalue weighted by Crippen LogP contribution is -2.60. The number of nitrogens with one attached hydrogen (secondary N) is 1. The highest BCUT2D eigenvalue weighted by atomic mass is 16.5. The molecule has 0 aliphatic heterocycles. The lowest BCUT2D eigenvalue weighted by atomic mass is 9.65. The van der Waals surface area contributed by atoms with Crippen LogP contribution in [0.25, 0.3) is 0 Å². The van der Waals surface area contributed by atoms with Gasteiger partial charge in [-0.05, 0) is 17.4 Å². The van der Waals surface area contributed by atoms with Crippen molar-refractivity contribution in [1.29, 1.82) is 0 Å². The number of carbonyl (C=O) groups excluding carboxylic acids is 1. The van der Waals surface area contributed by atoms with E-state index < -0.39 is 12.2 Å². The Morgan fingerprint density at radius 2 is 2.11 bits per heavy atom. The zero-order chi connectivity index (χ0) is 13.2. The molecule has 1 amide bonds. The summed E-state index contributed by atoms with van der Waals surface area (Å²) in [5.41, 5.74) is 0.833. The molecule has 0 unspecified atom stereocenters. The molecule has 2 N–H and O–H groups in total. The molecule has 18 heavy (non-hydrogen) atoms. The number of aliphatic hydroxyl groups excluding tert-OH is 1.